The zero-order valence-electron chi connectivity index (χ0n) is 57.9. The third-order valence-corrected chi connectivity index (χ3v) is 12.4. The van der Waals surface area contributed by atoms with E-state index in [0.29, 0.717) is 329 Å². The van der Waals surface area contributed by atoms with Crippen LogP contribution in [0, 0.1) is 0 Å². The number of carbonyl (C=O) groups excluding carboxylic acids is 1. The van der Waals surface area contributed by atoms with E-state index < -0.39 is 5.97 Å². The fourth-order valence-electron chi connectivity index (χ4n) is 7.39. The molecule has 27 nitrogen and oxygen atoms in total. The van der Waals surface area contributed by atoms with E-state index in [1.54, 1.807) is 6.92 Å². The van der Waals surface area contributed by atoms with Crippen LogP contribution in [0.2, 0.25) is 0 Å². The second-order valence-electron chi connectivity index (χ2n) is 20.4. The average Bonchev–Trinajstić information content (AvgIpc) is 3.57. The molecule has 0 bridgehead atoms. The fourth-order valence-corrected chi connectivity index (χ4v) is 7.39. The maximum Gasteiger partial charge on any atom is 0.333 e. The summed E-state index contributed by atoms with van der Waals surface area (Å²) >= 11 is 0. The summed E-state index contributed by atoms with van der Waals surface area (Å²) in [6.45, 7) is 32.3. The molecule has 0 atom stereocenters. The van der Waals surface area contributed by atoms with Crippen LogP contribution in [0.4, 0.5) is 0 Å². The van der Waals surface area contributed by atoms with Crippen molar-refractivity contribution in [1.29, 1.82) is 0 Å². The Morgan fingerprint density at radius 3 is 0.441 bits per heavy atom. The lowest BCUT2D eigenvalue weighted by Crippen LogP contribution is -2.16. The molecule has 0 aromatic rings. The second kappa shape index (κ2) is 86.3. The minimum atomic E-state index is -0.419. The van der Waals surface area contributed by atoms with Crippen LogP contribution in [-0.2, 0) is 128 Å². The molecular formula is C66H130O27. The molecule has 0 aromatic heterocycles. The van der Waals surface area contributed by atoms with Gasteiger partial charge in [0.25, 0.3) is 0 Å². The molecule has 556 valence electrons. The first kappa shape index (κ1) is 91.2. The van der Waals surface area contributed by atoms with Gasteiger partial charge >= 0.3 is 5.97 Å². The Morgan fingerprint density at radius 2 is 0.301 bits per heavy atom. The molecule has 0 radical (unpaired) electrons. The zero-order valence-corrected chi connectivity index (χ0v) is 57.9. The first-order chi connectivity index (χ1) is 46.2. The topological polar surface area (TPSA) is 257 Å². The van der Waals surface area contributed by atoms with Crippen molar-refractivity contribution in [2.45, 2.75) is 78.1 Å². The van der Waals surface area contributed by atoms with E-state index in [4.69, 9.17) is 123 Å². The third-order valence-electron chi connectivity index (χ3n) is 12.4. The molecule has 0 heterocycles. The number of rotatable bonds is 87. The van der Waals surface area contributed by atoms with Crippen molar-refractivity contribution in [1.82, 2.24) is 0 Å². The molecule has 0 aliphatic rings. The van der Waals surface area contributed by atoms with Gasteiger partial charge in [0.1, 0.15) is 6.61 Å². The largest absolute Gasteiger partial charge is 0.460 e. The van der Waals surface area contributed by atoms with Crippen LogP contribution in [0.25, 0.3) is 0 Å². The normalized spacial score (nSPS) is 11.7. The molecule has 0 aliphatic heterocycles. The molecule has 0 spiro atoms. The zero-order chi connectivity index (χ0) is 66.7. The van der Waals surface area contributed by atoms with Crippen molar-refractivity contribution in [2.24, 2.45) is 0 Å². The van der Waals surface area contributed by atoms with Gasteiger partial charge in [0.15, 0.2) is 0 Å². The van der Waals surface area contributed by atoms with Crippen LogP contribution < -0.4 is 0 Å². The van der Waals surface area contributed by atoms with Crippen molar-refractivity contribution in [3.8, 4) is 0 Å². The van der Waals surface area contributed by atoms with E-state index in [1.807, 2.05) is 0 Å². The standard InChI is InChI=1S/C66H130O27/c1-4-5-6-7-8-9-10-11-12-13-14-68-15-16-69-17-18-70-19-20-71-21-22-72-23-24-73-25-26-74-27-28-75-29-30-76-31-32-77-33-34-78-35-36-79-37-38-80-39-40-81-41-42-82-43-44-83-45-46-84-47-48-85-49-50-86-51-52-87-53-54-88-55-56-89-57-58-90-59-60-91-61-62-92-63-64-93-66(67)65(2)3/h2,4-64H2,1,3H3. The van der Waals surface area contributed by atoms with Crippen molar-refractivity contribution in [3.63, 3.8) is 0 Å². The quantitative estimate of drug-likeness (QED) is 0.0417. The van der Waals surface area contributed by atoms with E-state index in [-0.39, 0.29) is 6.61 Å². The molecule has 0 N–H and O–H groups in total. The molecule has 0 aromatic carbocycles. The number of ether oxygens (including phenoxy) is 26. The van der Waals surface area contributed by atoms with Crippen molar-refractivity contribution in [3.05, 3.63) is 12.2 Å². The van der Waals surface area contributed by atoms with Gasteiger partial charge in [-0.25, -0.2) is 4.79 Å². The van der Waals surface area contributed by atoms with Crippen LogP contribution >= 0.6 is 0 Å². The van der Waals surface area contributed by atoms with Gasteiger partial charge in [-0.3, -0.25) is 0 Å². The van der Waals surface area contributed by atoms with Gasteiger partial charge in [-0.05, 0) is 13.3 Å². The minimum Gasteiger partial charge on any atom is -0.460 e. The Morgan fingerprint density at radius 1 is 0.183 bits per heavy atom. The summed E-state index contributed by atoms with van der Waals surface area (Å²) in [7, 11) is 0. The Balaban J connectivity index is 3.09. The predicted octanol–water partition coefficient (Wildman–Crippen LogP) is 5.44. The van der Waals surface area contributed by atoms with Crippen molar-refractivity contribution < 1.29 is 128 Å². The third kappa shape index (κ3) is 86.3. The second-order valence-corrected chi connectivity index (χ2v) is 20.4. The number of esters is 1. The Hall–Kier alpha value is -1.79. The maximum atomic E-state index is 11.2. The number of hydrogen-bond donors (Lipinski definition) is 0. The van der Waals surface area contributed by atoms with Gasteiger partial charge in [-0.1, -0.05) is 71.3 Å². The monoisotopic (exact) mass is 1350 g/mol. The van der Waals surface area contributed by atoms with E-state index in [0.717, 1.165) is 13.0 Å². The number of unbranched alkanes of at least 4 members (excludes halogenated alkanes) is 9. The van der Waals surface area contributed by atoms with Crippen molar-refractivity contribution >= 4 is 5.97 Å². The SMILES string of the molecule is C=C(C)C(=O)OCCOCCOCCOCCOCCOCCOCCOCCOCCOCCOCCOCCOCCOCCOCCOCCOCCOCCOCCOCCOCCOCCOCCOCCOCCOCCCCCCCCCCCC. The first-order valence-corrected chi connectivity index (χ1v) is 34.4. The minimum absolute atomic E-state index is 0.190. The Kier molecular flexibility index (Phi) is 84.6. The van der Waals surface area contributed by atoms with E-state index in [2.05, 4.69) is 13.5 Å². The smallest absolute Gasteiger partial charge is 0.333 e. The molecular weight excluding hydrogens is 1220 g/mol. The summed E-state index contributed by atoms with van der Waals surface area (Å²) in [4.78, 5) is 11.2. The lowest BCUT2D eigenvalue weighted by molar-refractivity contribution is -0.140. The summed E-state index contributed by atoms with van der Waals surface area (Å²) in [6, 6.07) is 0. The van der Waals surface area contributed by atoms with Gasteiger partial charge in [0.05, 0.1) is 324 Å². The highest BCUT2D eigenvalue weighted by atomic mass is 16.6. The van der Waals surface area contributed by atoms with E-state index in [9.17, 15) is 4.79 Å². The average molecular weight is 1360 g/mol. The predicted molar refractivity (Wildman–Crippen MR) is 348 cm³/mol. The molecule has 27 heteroatoms. The molecule has 0 saturated heterocycles. The first-order valence-electron chi connectivity index (χ1n) is 34.4. The highest BCUT2D eigenvalue weighted by molar-refractivity contribution is 5.86. The van der Waals surface area contributed by atoms with Crippen LogP contribution in [0.3, 0.4) is 0 Å². The Bertz CT molecular complexity index is 1390. The Labute approximate surface area is 559 Å². The van der Waals surface area contributed by atoms with Gasteiger partial charge in [0, 0.05) is 12.2 Å². The highest BCUT2D eigenvalue weighted by Crippen LogP contribution is 2.10. The summed E-state index contributed by atoms with van der Waals surface area (Å²) in [5.74, 6) is -0.419. The maximum absolute atomic E-state index is 11.2. The summed E-state index contributed by atoms with van der Waals surface area (Å²) in [5, 5.41) is 0. The van der Waals surface area contributed by atoms with Gasteiger partial charge < -0.3 is 123 Å². The van der Waals surface area contributed by atoms with Crippen molar-refractivity contribution in [2.75, 3.05) is 337 Å². The molecule has 0 fully saturated rings. The van der Waals surface area contributed by atoms with E-state index in [1.165, 1.54) is 57.8 Å². The van der Waals surface area contributed by atoms with Crippen LogP contribution in [0.1, 0.15) is 78.1 Å². The van der Waals surface area contributed by atoms with Gasteiger partial charge in [0.2, 0.25) is 0 Å². The van der Waals surface area contributed by atoms with Crippen LogP contribution in [0.15, 0.2) is 12.2 Å². The van der Waals surface area contributed by atoms with Gasteiger partial charge in [-0.15, -0.1) is 0 Å². The molecule has 0 unspecified atom stereocenters. The number of hydrogen-bond acceptors (Lipinski definition) is 27. The van der Waals surface area contributed by atoms with Crippen LogP contribution in [-0.4, -0.2) is 343 Å². The molecule has 0 amide bonds. The summed E-state index contributed by atoms with van der Waals surface area (Å²) in [5.41, 5.74) is 0.364. The van der Waals surface area contributed by atoms with Gasteiger partial charge in [-0.2, -0.15) is 0 Å². The number of carbonyl (C=O) groups is 1. The van der Waals surface area contributed by atoms with E-state index >= 15 is 0 Å². The molecule has 0 saturated carbocycles. The molecule has 0 rings (SSSR count). The fraction of sp³-hybridized carbons (Fsp3) is 0.955. The summed E-state index contributed by atoms with van der Waals surface area (Å²) in [6.07, 6.45) is 13.3. The molecule has 93 heavy (non-hydrogen) atoms. The lowest BCUT2D eigenvalue weighted by atomic mass is 10.1. The summed E-state index contributed by atoms with van der Waals surface area (Å²) < 4.78 is 143. The molecule has 0 aliphatic carbocycles. The van der Waals surface area contributed by atoms with Crippen LogP contribution in [0.5, 0.6) is 0 Å². The lowest BCUT2D eigenvalue weighted by Gasteiger charge is -2.09. The highest BCUT2D eigenvalue weighted by Gasteiger charge is 2.04.